The van der Waals surface area contributed by atoms with E-state index in [0.29, 0.717) is 10.6 Å². The Balaban J connectivity index is 3.35. The lowest BCUT2D eigenvalue weighted by Crippen LogP contribution is -1.98. The molecule has 0 atom stereocenters. The summed E-state index contributed by atoms with van der Waals surface area (Å²) in [6.45, 7) is 3.86. The van der Waals surface area contributed by atoms with E-state index in [4.69, 9.17) is 23.2 Å². The zero-order valence-corrected chi connectivity index (χ0v) is 9.04. The van der Waals surface area contributed by atoms with Gasteiger partial charge in [0.05, 0.1) is 0 Å². The highest BCUT2D eigenvalue weighted by Crippen LogP contribution is 2.24. The maximum Gasteiger partial charge on any atom is 0.252 e. The molecule has 0 aliphatic carbocycles. The summed E-state index contributed by atoms with van der Waals surface area (Å²) in [5.41, 5.74) is 2.42. The van der Waals surface area contributed by atoms with E-state index < -0.39 is 5.24 Å². The van der Waals surface area contributed by atoms with Crippen molar-refractivity contribution in [2.75, 3.05) is 0 Å². The van der Waals surface area contributed by atoms with E-state index >= 15 is 0 Å². The van der Waals surface area contributed by atoms with Crippen molar-refractivity contribution in [1.29, 1.82) is 0 Å². The van der Waals surface area contributed by atoms with Gasteiger partial charge >= 0.3 is 0 Å². The van der Waals surface area contributed by atoms with Gasteiger partial charge in [-0.05, 0) is 48.2 Å². The smallest absolute Gasteiger partial charge is 0.252 e. The van der Waals surface area contributed by atoms with E-state index in [9.17, 15) is 4.79 Å². The first-order valence-electron chi connectivity index (χ1n) is 4.05. The van der Waals surface area contributed by atoms with Crippen LogP contribution < -0.4 is 0 Å². The van der Waals surface area contributed by atoms with Gasteiger partial charge in [-0.1, -0.05) is 18.5 Å². The number of hydrogen-bond acceptors (Lipinski definition) is 1. The highest BCUT2D eigenvalue weighted by atomic mass is 35.5. The second-order valence-corrected chi connectivity index (χ2v) is 3.58. The van der Waals surface area contributed by atoms with Crippen LogP contribution in [0, 0.1) is 6.92 Å². The molecule has 70 valence electrons. The molecule has 1 aromatic rings. The van der Waals surface area contributed by atoms with Gasteiger partial charge in [-0.25, -0.2) is 0 Å². The first-order valence-corrected chi connectivity index (χ1v) is 4.81. The lowest BCUT2D eigenvalue weighted by molar-refractivity contribution is 0.108. The fourth-order valence-corrected chi connectivity index (χ4v) is 1.91. The minimum atomic E-state index is -0.427. The maximum absolute atomic E-state index is 11.0. The van der Waals surface area contributed by atoms with Crippen LogP contribution in [0.5, 0.6) is 0 Å². The van der Waals surface area contributed by atoms with Crippen LogP contribution in [0.2, 0.25) is 5.02 Å². The first-order chi connectivity index (χ1) is 6.07. The van der Waals surface area contributed by atoms with Gasteiger partial charge < -0.3 is 0 Å². The molecule has 0 bridgehead atoms. The molecule has 1 nitrogen and oxygen atoms in total. The average Bonchev–Trinajstić information content (AvgIpc) is 2.04. The van der Waals surface area contributed by atoms with Gasteiger partial charge in [-0.2, -0.15) is 0 Å². The number of halogens is 2. The molecule has 0 aliphatic rings. The molecule has 0 aliphatic heterocycles. The Morgan fingerprint density at radius 1 is 1.46 bits per heavy atom. The van der Waals surface area contributed by atoms with E-state index in [-0.39, 0.29) is 0 Å². The average molecular weight is 217 g/mol. The number of carbonyl (C=O) groups excluding carboxylic acids is 1. The van der Waals surface area contributed by atoms with Crippen molar-refractivity contribution < 1.29 is 4.79 Å². The standard InChI is InChI=1S/C10H10Cl2O/c1-3-7-6(2)8(10(12)13)4-5-9(7)11/h4-5H,3H2,1-2H3. The van der Waals surface area contributed by atoms with Gasteiger partial charge in [-0.15, -0.1) is 0 Å². The second-order valence-electron chi connectivity index (χ2n) is 2.83. The van der Waals surface area contributed by atoms with Gasteiger partial charge in [0.1, 0.15) is 0 Å². The quantitative estimate of drug-likeness (QED) is 0.691. The molecule has 0 amide bonds. The molecule has 0 saturated carbocycles. The summed E-state index contributed by atoms with van der Waals surface area (Å²) in [4.78, 5) is 11.0. The van der Waals surface area contributed by atoms with E-state index in [1.807, 2.05) is 13.8 Å². The van der Waals surface area contributed by atoms with Crippen LogP contribution in [-0.2, 0) is 6.42 Å². The maximum atomic E-state index is 11.0. The monoisotopic (exact) mass is 216 g/mol. The van der Waals surface area contributed by atoms with Crippen molar-refractivity contribution in [2.24, 2.45) is 0 Å². The molecule has 1 rings (SSSR count). The molecule has 1 aromatic carbocycles. The Morgan fingerprint density at radius 3 is 2.54 bits per heavy atom. The highest BCUT2D eigenvalue weighted by Gasteiger charge is 2.10. The third-order valence-electron chi connectivity index (χ3n) is 2.11. The number of carbonyl (C=O) groups is 1. The Morgan fingerprint density at radius 2 is 2.08 bits per heavy atom. The molecule has 0 radical (unpaired) electrons. The molecule has 3 heteroatoms. The van der Waals surface area contributed by atoms with Gasteiger partial charge in [0.2, 0.25) is 0 Å². The highest BCUT2D eigenvalue weighted by molar-refractivity contribution is 6.68. The Hall–Kier alpha value is -0.530. The largest absolute Gasteiger partial charge is 0.276 e. The summed E-state index contributed by atoms with van der Waals surface area (Å²) in [6.07, 6.45) is 0.808. The van der Waals surface area contributed by atoms with Gasteiger partial charge in [0.15, 0.2) is 0 Å². The van der Waals surface area contributed by atoms with Crippen molar-refractivity contribution in [2.45, 2.75) is 20.3 Å². The second kappa shape index (κ2) is 4.12. The third kappa shape index (κ3) is 2.04. The van der Waals surface area contributed by atoms with Crippen LogP contribution in [0.25, 0.3) is 0 Å². The topological polar surface area (TPSA) is 17.1 Å². The lowest BCUT2D eigenvalue weighted by Gasteiger charge is -2.08. The van der Waals surface area contributed by atoms with Crippen molar-refractivity contribution in [3.63, 3.8) is 0 Å². The fourth-order valence-electron chi connectivity index (χ4n) is 1.37. The summed E-state index contributed by atoms with van der Waals surface area (Å²) in [6, 6.07) is 3.37. The van der Waals surface area contributed by atoms with Crippen molar-refractivity contribution in [3.05, 3.63) is 33.8 Å². The Kier molecular flexibility index (Phi) is 3.34. The molecule has 0 saturated heterocycles. The van der Waals surface area contributed by atoms with Gasteiger partial charge in [-0.3, -0.25) is 4.79 Å². The SMILES string of the molecule is CCc1c(Cl)ccc(C(=O)Cl)c1C. The molecule has 0 aromatic heterocycles. The van der Waals surface area contributed by atoms with Crippen LogP contribution in [0.1, 0.15) is 28.4 Å². The first kappa shape index (κ1) is 10.6. The molecular formula is C10H10Cl2O. The number of rotatable bonds is 2. The summed E-state index contributed by atoms with van der Waals surface area (Å²) >= 11 is 11.4. The van der Waals surface area contributed by atoms with E-state index in [2.05, 4.69) is 0 Å². The predicted octanol–water partition coefficient (Wildman–Crippen LogP) is 3.59. The van der Waals surface area contributed by atoms with Crippen LogP contribution in [0.15, 0.2) is 12.1 Å². The fraction of sp³-hybridized carbons (Fsp3) is 0.300. The van der Waals surface area contributed by atoms with E-state index in [1.165, 1.54) is 0 Å². The molecule has 0 N–H and O–H groups in total. The Bertz CT molecular complexity index is 345. The van der Waals surface area contributed by atoms with Crippen molar-refractivity contribution >= 4 is 28.4 Å². The molecule has 0 unspecified atom stereocenters. The predicted molar refractivity (Wildman–Crippen MR) is 55.8 cm³/mol. The number of hydrogen-bond donors (Lipinski definition) is 0. The summed E-state index contributed by atoms with van der Waals surface area (Å²) in [5, 5.41) is 0.269. The molecule has 0 heterocycles. The molecular weight excluding hydrogens is 207 g/mol. The van der Waals surface area contributed by atoms with Gasteiger partial charge in [0.25, 0.3) is 5.24 Å². The summed E-state index contributed by atoms with van der Waals surface area (Å²) in [5.74, 6) is 0. The van der Waals surface area contributed by atoms with E-state index in [0.717, 1.165) is 17.5 Å². The zero-order chi connectivity index (χ0) is 10.0. The summed E-state index contributed by atoms with van der Waals surface area (Å²) in [7, 11) is 0. The van der Waals surface area contributed by atoms with Crippen molar-refractivity contribution in [1.82, 2.24) is 0 Å². The van der Waals surface area contributed by atoms with Crippen molar-refractivity contribution in [3.8, 4) is 0 Å². The van der Waals surface area contributed by atoms with Crippen LogP contribution in [0.4, 0.5) is 0 Å². The van der Waals surface area contributed by atoms with Gasteiger partial charge in [0, 0.05) is 10.6 Å². The minimum absolute atomic E-state index is 0.427. The van der Waals surface area contributed by atoms with E-state index in [1.54, 1.807) is 12.1 Å². The van der Waals surface area contributed by atoms with Crippen LogP contribution in [0.3, 0.4) is 0 Å². The van der Waals surface area contributed by atoms with Crippen LogP contribution >= 0.6 is 23.2 Å². The summed E-state index contributed by atoms with van der Waals surface area (Å²) < 4.78 is 0. The zero-order valence-electron chi connectivity index (χ0n) is 7.53. The third-order valence-corrected chi connectivity index (χ3v) is 2.66. The lowest BCUT2D eigenvalue weighted by atomic mass is 10.0. The molecule has 0 fully saturated rings. The molecule has 13 heavy (non-hydrogen) atoms. The minimum Gasteiger partial charge on any atom is -0.276 e. The van der Waals surface area contributed by atoms with Crippen LogP contribution in [-0.4, -0.2) is 5.24 Å². The molecule has 0 spiro atoms. The Labute approximate surface area is 87.7 Å². The number of benzene rings is 1. The normalized spacial score (nSPS) is 10.2.